The Bertz CT molecular complexity index is 1030. The molecule has 0 fully saturated rings. The number of aromatic nitrogens is 1. The summed E-state index contributed by atoms with van der Waals surface area (Å²) in [5, 5.41) is 10.4. The Labute approximate surface area is 191 Å². The molecule has 2 heterocycles. The van der Waals surface area contributed by atoms with Crippen LogP contribution in [-0.2, 0) is 17.4 Å². The van der Waals surface area contributed by atoms with Crippen molar-refractivity contribution in [1.29, 1.82) is 0 Å². The van der Waals surface area contributed by atoms with E-state index in [0.717, 1.165) is 34.1 Å². The molecule has 0 unspecified atom stereocenters. The van der Waals surface area contributed by atoms with Crippen molar-refractivity contribution in [3.8, 4) is 0 Å². The third-order valence-corrected chi connectivity index (χ3v) is 7.73. The molecule has 0 saturated heterocycles. The number of carboxylic acid groups (broad SMARTS) is 1. The summed E-state index contributed by atoms with van der Waals surface area (Å²) in [4.78, 5) is 25.4. The molecule has 164 valence electrons. The number of aliphatic imine (C=N–C) groups is 1. The molecule has 0 spiro atoms. The van der Waals surface area contributed by atoms with Crippen LogP contribution >= 0.6 is 22.9 Å². The second kappa shape index (κ2) is 7.95. The first kappa shape index (κ1) is 21.8. The fraction of sp³-hybridized carbons (Fsp3) is 0.435. The number of thiazole rings is 1. The summed E-state index contributed by atoms with van der Waals surface area (Å²) in [5.74, 6) is 0.546. The highest BCUT2D eigenvalue weighted by Gasteiger charge is 2.41. The van der Waals surface area contributed by atoms with E-state index in [9.17, 15) is 9.90 Å². The van der Waals surface area contributed by atoms with Gasteiger partial charge in [-0.05, 0) is 18.4 Å². The van der Waals surface area contributed by atoms with Gasteiger partial charge in [-0.2, -0.15) is 0 Å². The zero-order valence-electron chi connectivity index (χ0n) is 18.2. The predicted molar refractivity (Wildman–Crippen MR) is 126 cm³/mol. The van der Waals surface area contributed by atoms with Crippen LogP contribution in [0.2, 0.25) is 0 Å². The Morgan fingerprint density at radius 3 is 2.48 bits per heavy atom. The summed E-state index contributed by atoms with van der Waals surface area (Å²) in [6, 6.07) is 10.1. The lowest BCUT2D eigenvalue weighted by Crippen LogP contribution is -2.37. The van der Waals surface area contributed by atoms with E-state index in [4.69, 9.17) is 16.6 Å². The van der Waals surface area contributed by atoms with Crippen LogP contribution < -0.4 is 4.90 Å². The zero-order valence-corrected chi connectivity index (χ0v) is 19.8. The number of amides is 1. The van der Waals surface area contributed by atoms with Gasteiger partial charge in [0.1, 0.15) is 6.67 Å². The molecule has 0 atom stereocenters. The van der Waals surface area contributed by atoms with Crippen molar-refractivity contribution in [2.45, 2.75) is 57.9 Å². The minimum Gasteiger partial charge on any atom is -0.465 e. The number of fused-ring (bicyclic) bond motifs is 1. The van der Waals surface area contributed by atoms with Crippen LogP contribution in [0.4, 0.5) is 9.93 Å². The molecule has 1 amide bonds. The summed E-state index contributed by atoms with van der Waals surface area (Å²) in [5.41, 5.74) is 2.31. The molecule has 2 aliphatic rings. The average Bonchev–Trinajstić information content (AvgIpc) is 3.19. The third-order valence-electron chi connectivity index (χ3n) is 6.02. The highest BCUT2D eigenvalue weighted by molar-refractivity contribution is 7.16. The Kier molecular flexibility index (Phi) is 5.60. The molecular formula is C23H27ClN4O2S. The molecule has 1 aromatic carbocycles. The maximum Gasteiger partial charge on any atom is 0.412 e. The number of hydrogen-bond acceptors (Lipinski definition) is 5. The van der Waals surface area contributed by atoms with Crippen LogP contribution in [0.1, 0.15) is 56.7 Å². The topological polar surface area (TPSA) is 69.0 Å². The van der Waals surface area contributed by atoms with Gasteiger partial charge in [0, 0.05) is 21.9 Å². The maximum atomic E-state index is 11.3. The molecule has 8 heteroatoms. The zero-order chi connectivity index (χ0) is 22.4. The molecule has 0 bridgehead atoms. The van der Waals surface area contributed by atoms with E-state index in [1.807, 2.05) is 23.1 Å². The van der Waals surface area contributed by atoms with Gasteiger partial charge < -0.3 is 5.11 Å². The van der Waals surface area contributed by atoms with E-state index >= 15 is 0 Å². The van der Waals surface area contributed by atoms with Gasteiger partial charge in [-0.25, -0.2) is 14.8 Å². The summed E-state index contributed by atoms with van der Waals surface area (Å²) in [6.07, 6.45) is 2.54. The first-order chi connectivity index (χ1) is 14.6. The Hall–Kier alpha value is -2.38. The van der Waals surface area contributed by atoms with Gasteiger partial charge in [-0.1, -0.05) is 69.6 Å². The lowest BCUT2D eigenvalue weighted by atomic mass is 9.69. The number of hydrogen-bond donors (Lipinski definition) is 1. The van der Waals surface area contributed by atoms with E-state index in [-0.39, 0.29) is 22.5 Å². The van der Waals surface area contributed by atoms with Crippen molar-refractivity contribution in [1.82, 2.24) is 9.88 Å². The number of carbonyl (C=O) groups is 1. The molecule has 2 aromatic rings. The van der Waals surface area contributed by atoms with E-state index in [1.165, 1.54) is 11.1 Å². The van der Waals surface area contributed by atoms with E-state index in [1.54, 1.807) is 11.3 Å². The van der Waals surface area contributed by atoms with Gasteiger partial charge in [0.05, 0.1) is 17.3 Å². The van der Waals surface area contributed by atoms with Gasteiger partial charge >= 0.3 is 6.09 Å². The molecule has 1 aromatic heterocycles. The van der Waals surface area contributed by atoms with Crippen LogP contribution in [0.3, 0.4) is 0 Å². The van der Waals surface area contributed by atoms with Crippen molar-refractivity contribution in [2.75, 3.05) is 11.6 Å². The summed E-state index contributed by atoms with van der Waals surface area (Å²) in [6.45, 7) is 9.61. The Morgan fingerprint density at radius 1 is 1.19 bits per heavy atom. The third kappa shape index (κ3) is 4.21. The Balaban J connectivity index is 1.79. The molecule has 4 rings (SSSR count). The van der Waals surface area contributed by atoms with Gasteiger partial charge in [-0.15, -0.1) is 11.3 Å². The fourth-order valence-corrected chi connectivity index (χ4v) is 5.64. The van der Waals surface area contributed by atoms with Gasteiger partial charge in [0.2, 0.25) is 0 Å². The lowest BCUT2D eigenvalue weighted by molar-refractivity contribution is 0.163. The second-order valence-corrected chi connectivity index (χ2v) is 10.8. The highest BCUT2D eigenvalue weighted by atomic mass is 35.5. The molecule has 1 aliphatic heterocycles. The molecule has 1 N–H and O–H groups in total. The van der Waals surface area contributed by atoms with E-state index in [0.29, 0.717) is 12.4 Å². The van der Waals surface area contributed by atoms with E-state index < -0.39 is 6.09 Å². The van der Waals surface area contributed by atoms with Crippen LogP contribution in [0.5, 0.6) is 0 Å². The summed E-state index contributed by atoms with van der Waals surface area (Å²) in [7, 11) is 0. The van der Waals surface area contributed by atoms with Crippen molar-refractivity contribution >= 4 is 40.0 Å². The van der Waals surface area contributed by atoms with Crippen molar-refractivity contribution in [2.24, 2.45) is 4.99 Å². The van der Waals surface area contributed by atoms with Crippen LogP contribution in [0, 0.1) is 0 Å². The van der Waals surface area contributed by atoms with Crippen LogP contribution in [0.25, 0.3) is 0 Å². The number of halogens is 1. The van der Waals surface area contributed by atoms with E-state index in [2.05, 4.69) is 44.8 Å². The first-order valence-corrected chi connectivity index (χ1v) is 11.5. The number of anilines is 1. The normalized spacial score (nSPS) is 19.3. The van der Waals surface area contributed by atoms with Crippen LogP contribution in [0.15, 0.2) is 46.6 Å². The maximum absolute atomic E-state index is 11.3. The molecule has 0 radical (unpaired) electrons. The minimum absolute atomic E-state index is 0.00609. The smallest absolute Gasteiger partial charge is 0.412 e. The first-order valence-electron chi connectivity index (χ1n) is 10.3. The number of amidine groups is 1. The SMILES string of the molecule is CC1(C)CCC(C)(C)c2sc(N(Cc3ccccc3)C3=NCN(C(=O)O)C=C3Cl)nc21. The van der Waals surface area contributed by atoms with Crippen molar-refractivity contribution in [3.63, 3.8) is 0 Å². The van der Waals surface area contributed by atoms with Crippen molar-refractivity contribution in [3.05, 3.63) is 57.7 Å². The van der Waals surface area contributed by atoms with Crippen molar-refractivity contribution < 1.29 is 9.90 Å². The molecule has 31 heavy (non-hydrogen) atoms. The highest BCUT2D eigenvalue weighted by Crippen LogP contribution is 2.49. The van der Waals surface area contributed by atoms with Crippen LogP contribution in [-0.4, -0.2) is 33.6 Å². The Morgan fingerprint density at radius 2 is 1.87 bits per heavy atom. The second-order valence-electron chi connectivity index (χ2n) is 9.37. The monoisotopic (exact) mass is 458 g/mol. The number of benzene rings is 1. The standard InChI is InChI=1S/C23H27ClN4O2S/c1-22(2)10-11-23(3,4)18-17(22)26-20(31-18)28(12-15-8-6-5-7-9-15)19-16(24)13-27(14-25-19)21(29)30/h5-9,13H,10-12,14H2,1-4H3,(H,29,30). The fourth-order valence-electron chi connectivity index (χ4n) is 3.98. The predicted octanol–water partition coefficient (Wildman–Crippen LogP) is 5.93. The quantitative estimate of drug-likeness (QED) is 0.619. The lowest BCUT2D eigenvalue weighted by Gasteiger charge is -2.37. The average molecular weight is 459 g/mol. The van der Waals surface area contributed by atoms with Gasteiger partial charge in [0.25, 0.3) is 0 Å². The van der Waals surface area contributed by atoms with Gasteiger partial charge in [0.15, 0.2) is 11.0 Å². The molecule has 6 nitrogen and oxygen atoms in total. The number of nitrogens with zero attached hydrogens (tertiary/aromatic N) is 4. The van der Waals surface area contributed by atoms with Gasteiger partial charge in [-0.3, -0.25) is 9.80 Å². The molecule has 1 aliphatic carbocycles. The molecule has 0 saturated carbocycles. The summed E-state index contributed by atoms with van der Waals surface area (Å²) >= 11 is 8.22. The number of rotatable bonds is 3. The summed E-state index contributed by atoms with van der Waals surface area (Å²) < 4.78 is 0. The largest absolute Gasteiger partial charge is 0.465 e. The molecular weight excluding hydrogens is 432 g/mol. The minimum atomic E-state index is -1.08.